The quantitative estimate of drug-likeness (QED) is 0.394. The van der Waals surface area contributed by atoms with Gasteiger partial charge < -0.3 is 14.2 Å². The maximum Gasteiger partial charge on any atom is 0.280 e. The fraction of sp³-hybridized carbons (Fsp3) is 0.0833. The fourth-order valence-electron chi connectivity index (χ4n) is 3.07. The molecule has 0 aliphatic rings. The van der Waals surface area contributed by atoms with Crippen LogP contribution in [0.1, 0.15) is 16.1 Å². The highest BCUT2D eigenvalue weighted by Crippen LogP contribution is 2.26. The molecule has 1 amide bonds. The number of halogens is 1. The van der Waals surface area contributed by atoms with Gasteiger partial charge in [-0.05, 0) is 54.1 Å². The zero-order valence-electron chi connectivity index (χ0n) is 16.3. The molecule has 4 aromatic rings. The molecule has 4 rings (SSSR count). The third-order valence-corrected chi connectivity index (χ3v) is 4.92. The van der Waals surface area contributed by atoms with E-state index in [2.05, 4.69) is 5.16 Å². The first-order chi connectivity index (χ1) is 14.6. The van der Waals surface area contributed by atoms with Crippen molar-refractivity contribution < 1.29 is 14.1 Å². The Balaban J connectivity index is 1.65. The maximum absolute atomic E-state index is 13.4. The molecule has 0 spiro atoms. The molecular formula is C24H19ClN2O3. The van der Waals surface area contributed by atoms with Crippen LogP contribution in [0.5, 0.6) is 5.75 Å². The molecule has 0 bridgehead atoms. The van der Waals surface area contributed by atoms with Crippen LogP contribution in [0.2, 0.25) is 5.02 Å². The topological polar surface area (TPSA) is 55.6 Å². The van der Waals surface area contributed by atoms with Gasteiger partial charge in [0, 0.05) is 22.3 Å². The van der Waals surface area contributed by atoms with Gasteiger partial charge in [-0.2, -0.15) is 0 Å². The van der Waals surface area contributed by atoms with Crippen molar-refractivity contribution in [2.45, 2.75) is 6.54 Å². The van der Waals surface area contributed by atoms with Crippen molar-refractivity contribution >= 4 is 23.2 Å². The van der Waals surface area contributed by atoms with Crippen LogP contribution < -0.4 is 9.64 Å². The number of carbonyl (C=O) groups excluding carboxylic acids is 1. The van der Waals surface area contributed by atoms with E-state index in [0.717, 1.165) is 22.6 Å². The monoisotopic (exact) mass is 418 g/mol. The van der Waals surface area contributed by atoms with Gasteiger partial charge in [0.15, 0.2) is 11.5 Å². The minimum absolute atomic E-state index is 0.228. The van der Waals surface area contributed by atoms with Crippen molar-refractivity contribution in [2.24, 2.45) is 0 Å². The molecule has 30 heavy (non-hydrogen) atoms. The lowest BCUT2D eigenvalue weighted by Gasteiger charge is -2.22. The van der Waals surface area contributed by atoms with Crippen LogP contribution in [0.25, 0.3) is 11.3 Å². The summed E-state index contributed by atoms with van der Waals surface area (Å²) in [4.78, 5) is 15.0. The molecule has 0 radical (unpaired) electrons. The van der Waals surface area contributed by atoms with E-state index >= 15 is 0 Å². The maximum atomic E-state index is 13.4. The molecule has 0 fully saturated rings. The first kappa shape index (κ1) is 19.7. The second kappa shape index (κ2) is 8.84. The number of hydrogen-bond acceptors (Lipinski definition) is 4. The third kappa shape index (κ3) is 4.36. The zero-order chi connectivity index (χ0) is 20.9. The van der Waals surface area contributed by atoms with E-state index in [-0.39, 0.29) is 11.6 Å². The number of methoxy groups -OCH3 is 1. The number of aromatic nitrogens is 1. The van der Waals surface area contributed by atoms with Crippen LogP contribution in [0.3, 0.4) is 0 Å². The predicted molar refractivity (Wildman–Crippen MR) is 117 cm³/mol. The molecule has 3 aromatic carbocycles. The van der Waals surface area contributed by atoms with Gasteiger partial charge in [0.2, 0.25) is 0 Å². The van der Waals surface area contributed by atoms with Gasteiger partial charge in [0.1, 0.15) is 5.75 Å². The molecule has 0 aliphatic carbocycles. The highest BCUT2D eigenvalue weighted by molar-refractivity contribution is 6.30. The van der Waals surface area contributed by atoms with Gasteiger partial charge in [-0.3, -0.25) is 4.79 Å². The summed E-state index contributed by atoms with van der Waals surface area (Å²) in [6.07, 6.45) is 0. The number of rotatable bonds is 6. The van der Waals surface area contributed by atoms with E-state index in [4.69, 9.17) is 20.9 Å². The van der Waals surface area contributed by atoms with Crippen LogP contribution in [-0.4, -0.2) is 18.2 Å². The Morgan fingerprint density at radius 3 is 2.37 bits per heavy atom. The fourth-order valence-corrected chi connectivity index (χ4v) is 3.20. The number of hydrogen-bond donors (Lipinski definition) is 0. The largest absolute Gasteiger partial charge is 0.497 e. The van der Waals surface area contributed by atoms with Crippen molar-refractivity contribution in [2.75, 3.05) is 12.0 Å². The third-order valence-electron chi connectivity index (χ3n) is 4.67. The molecule has 0 atom stereocenters. The lowest BCUT2D eigenvalue weighted by molar-refractivity contribution is 0.0976. The lowest BCUT2D eigenvalue weighted by atomic mass is 10.1. The minimum Gasteiger partial charge on any atom is -0.497 e. The second-order valence-corrected chi connectivity index (χ2v) is 7.09. The Kier molecular flexibility index (Phi) is 5.82. The first-order valence-corrected chi connectivity index (χ1v) is 9.74. The average molecular weight is 419 g/mol. The number of ether oxygens (including phenoxy) is 1. The van der Waals surface area contributed by atoms with Gasteiger partial charge in [-0.1, -0.05) is 47.1 Å². The van der Waals surface area contributed by atoms with Gasteiger partial charge in [0.05, 0.1) is 13.7 Å². The molecule has 6 heteroatoms. The van der Waals surface area contributed by atoms with Crippen LogP contribution in [0.15, 0.2) is 89.5 Å². The summed E-state index contributed by atoms with van der Waals surface area (Å²) in [5.41, 5.74) is 2.76. The van der Waals surface area contributed by atoms with Crippen LogP contribution in [0, 0.1) is 0 Å². The highest BCUT2D eigenvalue weighted by Gasteiger charge is 2.22. The van der Waals surface area contributed by atoms with Crippen molar-refractivity contribution in [1.29, 1.82) is 0 Å². The van der Waals surface area contributed by atoms with E-state index in [1.54, 1.807) is 30.2 Å². The van der Waals surface area contributed by atoms with Crippen molar-refractivity contribution in [3.63, 3.8) is 0 Å². The second-order valence-electron chi connectivity index (χ2n) is 6.66. The molecule has 150 valence electrons. The van der Waals surface area contributed by atoms with E-state index in [0.29, 0.717) is 17.3 Å². The summed E-state index contributed by atoms with van der Waals surface area (Å²) in [5.74, 6) is 0.967. The predicted octanol–water partition coefficient (Wildman–Crippen LogP) is 5.85. The summed E-state index contributed by atoms with van der Waals surface area (Å²) in [6, 6.07) is 25.9. The summed E-state index contributed by atoms with van der Waals surface area (Å²) in [5, 5.41) is 4.64. The van der Waals surface area contributed by atoms with Crippen LogP contribution in [0.4, 0.5) is 5.69 Å². The molecule has 0 saturated heterocycles. The molecule has 0 aliphatic heterocycles. The van der Waals surface area contributed by atoms with E-state index < -0.39 is 0 Å². The molecular weight excluding hydrogens is 400 g/mol. The smallest absolute Gasteiger partial charge is 0.280 e. The van der Waals surface area contributed by atoms with Crippen LogP contribution in [-0.2, 0) is 6.54 Å². The van der Waals surface area contributed by atoms with Crippen molar-refractivity contribution in [3.8, 4) is 17.1 Å². The normalized spacial score (nSPS) is 10.6. The van der Waals surface area contributed by atoms with Gasteiger partial charge >= 0.3 is 0 Å². The molecule has 0 N–H and O–H groups in total. The zero-order valence-corrected chi connectivity index (χ0v) is 17.0. The van der Waals surface area contributed by atoms with Gasteiger partial charge in [-0.15, -0.1) is 0 Å². The SMILES string of the molecule is COc1ccc(N(Cc2ccccc2)C(=O)c2cc(-c3ccc(Cl)cc3)on2)cc1. The summed E-state index contributed by atoms with van der Waals surface area (Å²) in [6.45, 7) is 0.398. The number of amides is 1. The first-order valence-electron chi connectivity index (χ1n) is 9.36. The molecule has 0 saturated carbocycles. The molecule has 1 heterocycles. The standard InChI is InChI=1S/C24H19ClN2O3/c1-29-21-13-11-20(12-14-21)27(16-17-5-3-2-4-6-17)24(28)22-15-23(30-26-22)18-7-9-19(25)10-8-18/h2-15H,16H2,1H3. The number of carbonyl (C=O) groups is 1. The minimum atomic E-state index is -0.256. The average Bonchev–Trinajstić information content (AvgIpc) is 3.29. The van der Waals surface area contributed by atoms with Gasteiger partial charge in [-0.25, -0.2) is 0 Å². The molecule has 5 nitrogen and oxygen atoms in total. The Morgan fingerprint density at radius 1 is 1.00 bits per heavy atom. The summed E-state index contributed by atoms with van der Waals surface area (Å²) >= 11 is 5.95. The number of anilines is 1. The van der Waals surface area contributed by atoms with E-state index in [9.17, 15) is 4.79 Å². The van der Waals surface area contributed by atoms with E-state index in [1.807, 2.05) is 66.7 Å². The Hall–Kier alpha value is -3.57. The van der Waals surface area contributed by atoms with Crippen LogP contribution >= 0.6 is 11.6 Å². The Bertz CT molecular complexity index is 1120. The number of nitrogens with zero attached hydrogens (tertiary/aromatic N) is 2. The van der Waals surface area contributed by atoms with E-state index in [1.165, 1.54) is 0 Å². The summed E-state index contributed by atoms with van der Waals surface area (Å²) < 4.78 is 10.7. The lowest BCUT2D eigenvalue weighted by Crippen LogP contribution is -2.30. The molecule has 0 unspecified atom stereocenters. The van der Waals surface area contributed by atoms with Crippen molar-refractivity contribution in [3.05, 3.63) is 101 Å². The summed E-state index contributed by atoms with van der Waals surface area (Å²) in [7, 11) is 1.61. The van der Waals surface area contributed by atoms with Crippen molar-refractivity contribution in [1.82, 2.24) is 5.16 Å². The Morgan fingerprint density at radius 2 is 1.70 bits per heavy atom. The number of benzene rings is 3. The Labute approximate surface area is 179 Å². The van der Waals surface area contributed by atoms with Gasteiger partial charge in [0.25, 0.3) is 5.91 Å². The molecule has 1 aromatic heterocycles. The highest BCUT2D eigenvalue weighted by atomic mass is 35.5.